The van der Waals surface area contributed by atoms with Crippen LogP contribution in [-0.4, -0.2) is 55.7 Å². The fraction of sp³-hybridized carbons (Fsp3) is 0.800. The second-order valence-electron chi connectivity index (χ2n) is 4.26. The molecule has 1 rings (SSSR count). The molecule has 0 aromatic carbocycles. The zero-order valence-corrected chi connectivity index (χ0v) is 10.9. The average molecular weight is 279 g/mol. The van der Waals surface area contributed by atoms with E-state index in [4.69, 9.17) is 9.84 Å². The van der Waals surface area contributed by atoms with E-state index in [1.165, 1.54) is 0 Å². The Morgan fingerprint density at radius 2 is 2.17 bits per heavy atom. The van der Waals surface area contributed by atoms with Gasteiger partial charge in [-0.25, -0.2) is 13.2 Å². The minimum atomic E-state index is -3.59. The number of rotatable bonds is 5. The molecule has 0 spiro atoms. The van der Waals surface area contributed by atoms with Gasteiger partial charge in [0.2, 0.25) is 5.91 Å². The summed E-state index contributed by atoms with van der Waals surface area (Å²) in [4.78, 5) is 21.7. The zero-order chi connectivity index (χ0) is 13.8. The highest BCUT2D eigenvalue weighted by molar-refractivity contribution is 7.92. The quantitative estimate of drug-likeness (QED) is 0.679. The Morgan fingerprint density at radius 1 is 1.50 bits per heavy atom. The third-order valence-corrected chi connectivity index (χ3v) is 4.89. The number of carbonyl (C=O) groups is 2. The van der Waals surface area contributed by atoms with Gasteiger partial charge in [0, 0.05) is 13.5 Å². The minimum Gasteiger partial charge on any atom is -0.480 e. The summed E-state index contributed by atoms with van der Waals surface area (Å²) in [6.07, 6.45) is 1.11. The van der Waals surface area contributed by atoms with Gasteiger partial charge in [-0.2, -0.15) is 0 Å². The molecule has 2 atom stereocenters. The number of carboxylic acids is 1. The fourth-order valence-electron chi connectivity index (χ4n) is 1.78. The number of amides is 1. The monoisotopic (exact) mass is 279 g/mol. The second kappa shape index (κ2) is 6.14. The molecule has 1 heterocycles. The van der Waals surface area contributed by atoms with E-state index in [1.54, 1.807) is 0 Å². The van der Waals surface area contributed by atoms with E-state index in [-0.39, 0.29) is 6.61 Å². The van der Waals surface area contributed by atoms with Gasteiger partial charge in [0.25, 0.3) is 0 Å². The molecule has 0 aliphatic carbocycles. The van der Waals surface area contributed by atoms with Gasteiger partial charge in [-0.1, -0.05) is 0 Å². The molecule has 0 bridgehead atoms. The van der Waals surface area contributed by atoms with Crippen molar-refractivity contribution in [3.8, 4) is 0 Å². The van der Waals surface area contributed by atoms with Crippen LogP contribution < -0.4 is 5.32 Å². The molecular formula is C10H17NO6S. The van der Waals surface area contributed by atoms with E-state index in [0.717, 1.165) is 6.92 Å². The Morgan fingerprint density at radius 3 is 2.61 bits per heavy atom. The smallest absolute Gasteiger partial charge is 0.327 e. The van der Waals surface area contributed by atoms with Gasteiger partial charge in [0.15, 0.2) is 9.84 Å². The van der Waals surface area contributed by atoms with E-state index >= 15 is 0 Å². The minimum absolute atomic E-state index is 0.0920. The lowest BCUT2D eigenvalue weighted by Crippen LogP contribution is -2.47. The van der Waals surface area contributed by atoms with Crippen molar-refractivity contribution in [2.45, 2.75) is 31.1 Å². The van der Waals surface area contributed by atoms with Crippen LogP contribution >= 0.6 is 0 Å². The van der Waals surface area contributed by atoms with Crippen LogP contribution in [0.2, 0.25) is 0 Å². The number of aliphatic carboxylic acids is 1. The SMILES string of the molecule is CC(=O)NC(CS(=O)(=O)C1CCCOC1)C(=O)O. The maximum Gasteiger partial charge on any atom is 0.327 e. The molecule has 104 valence electrons. The van der Waals surface area contributed by atoms with Gasteiger partial charge < -0.3 is 15.2 Å². The predicted molar refractivity (Wildman–Crippen MR) is 62.9 cm³/mol. The van der Waals surface area contributed by atoms with E-state index in [2.05, 4.69) is 5.32 Å². The molecule has 1 aliphatic rings. The van der Waals surface area contributed by atoms with Gasteiger partial charge in [-0.05, 0) is 12.8 Å². The summed E-state index contributed by atoms with van der Waals surface area (Å²) in [7, 11) is -3.59. The normalized spacial score (nSPS) is 22.2. The molecule has 1 aliphatic heterocycles. The molecule has 7 nitrogen and oxygen atoms in total. The van der Waals surface area contributed by atoms with Crippen molar-refractivity contribution in [1.29, 1.82) is 0 Å². The number of nitrogens with one attached hydrogen (secondary N) is 1. The van der Waals surface area contributed by atoms with Gasteiger partial charge >= 0.3 is 5.97 Å². The Hall–Kier alpha value is -1.15. The number of sulfone groups is 1. The fourth-order valence-corrected chi connectivity index (χ4v) is 3.57. The van der Waals surface area contributed by atoms with Crippen LogP contribution in [-0.2, 0) is 24.2 Å². The van der Waals surface area contributed by atoms with Crippen LogP contribution in [0.1, 0.15) is 19.8 Å². The first-order valence-electron chi connectivity index (χ1n) is 5.62. The van der Waals surface area contributed by atoms with Gasteiger partial charge in [-0.3, -0.25) is 4.79 Å². The first kappa shape index (κ1) is 14.9. The highest BCUT2D eigenvalue weighted by atomic mass is 32.2. The highest BCUT2D eigenvalue weighted by Gasteiger charge is 2.33. The molecular weight excluding hydrogens is 262 g/mol. The van der Waals surface area contributed by atoms with Crippen molar-refractivity contribution in [3.63, 3.8) is 0 Å². The summed E-state index contributed by atoms with van der Waals surface area (Å²) in [5, 5.41) is 10.3. The summed E-state index contributed by atoms with van der Waals surface area (Å²) in [5.41, 5.74) is 0. The lowest BCUT2D eigenvalue weighted by molar-refractivity contribution is -0.140. The average Bonchev–Trinajstić information content (AvgIpc) is 2.28. The molecule has 0 saturated carbocycles. The van der Waals surface area contributed by atoms with Crippen LogP contribution in [0.4, 0.5) is 0 Å². The maximum atomic E-state index is 12.0. The summed E-state index contributed by atoms with van der Waals surface area (Å²) >= 11 is 0. The van der Waals surface area contributed by atoms with Crippen molar-refractivity contribution in [2.75, 3.05) is 19.0 Å². The maximum absolute atomic E-state index is 12.0. The summed E-state index contributed by atoms with van der Waals surface area (Å²) in [6, 6.07) is -1.41. The molecule has 2 N–H and O–H groups in total. The molecule has 0 aromatic heterocycles. The Labute approximate surface area is 105 Å². The zero-order valence-electron chi connectivity index (χ0n) is 10.1. The molecule has 1 saturated heterocycles. The number of ether oxygens (including phenoxy) is 1. The molecule has 8 heteroatoms. The summed E-state index contributed by atoms with van der Waals surface area (Å²) in [5.74, 6) is -2.53. The van der Waals surface area contributed by atoms with Crippen LogP contribution in [0.3, 0.4) is 0 Å². The molecule has 1 fully saturated rings. The van der Waals surface area contributed by atoms with Crippen LogP contribution in [0.15, 0.2) is 0 Å². The van der Waals surface area contributed by atoms with E-state index in [1.807, 2.05) is 0 Å². The number of carboxylic acid groups (broad SMARTS) is 1. The Balaban J connectivity index is 2.71. The third-order valence-electron chi connectivity index (χ3n) is 2.70. The molecule has 1 amide bonds. The Bertz CT molecular complexity index is 412. The number of hydrogen-bond acceptors (Lipinski definition) is 5. The van der Waals surface area contributed by atoms with E-state index < -0.39 is 38.8 Å². The lowest BCUT2D eigenvalue weighted by Gasteiger charge is -2.23. The van der Waals surface area contributed by atoms with Crippen LogP contribution in [0.5, 0.6) is 0 Å². The molecule has 0 aromatic rings. The van der Waals surface area contributed by atoms with E-state index in [0.29, 0.717) is 19.4 Å². The van der Waals surface area contributed by atoms with Crippen molar-refractivity contribution >= 4 is 21.7 Å². The second-order valence-corrected chi connectivity index (χ2v) is 6.59. The van der Waals surface area contributed by atoms with Crippen molar-refractivity contribution < 1.29 is 27.9 Å². The van der Waals surface area contributed by atoms with Crippen LogP contribution in [0, 0.1) is 0 Å². The van der Waals surface area contributed by atoms with Crippen LogP contribution in [0.25, 0.3) is 0 Å². The third kappa shape index (κ3) is 4.26. The Kier molecular flexibility index (Phi) is 5.09. The highest BCUT2D eigenvalue weighted by Crippen LogP contribution is 2.16. The van der Waals surface area contributed by atoms with E-state index in [9.17, 15) is 18.0 Å². The first-order valence-corrected chi connectivity index (χ1v) is 7.33. The van der Waals surface area contributed by atoms with Crippen molar-refractivity contribution in [2.24, 2.45) is 0 Å². The molecule has 18 heavy (non-hydrogen) atoms. The molecule has 2 unspecified atom stereocenters. The van der Waals surface area contributed by atoms with Gasteiger partial charge in [0.05, 0.1) is 17.6 Å². The van der Waals surface area contributed by atoms with Gasteiger partial charge in [0.1, 0.15) is 6.04 Å². The summed E-state index contributed by atoms with van der Waals surface area (Å²) < 4.78 is 29.1. The predicted octanol–water partition coefficient (Wildman–Crippen LogP) is -0.830. The molecule has 0 radical (unpaired) electrons. The standard InChI is InChI=1S/C10H17NO6S/c1-7(12)11-9(10(13)14)6-18(15,16)8-3-2-4-17-5-8/h8-9H,2-6H2,1H3,(H,11,12)(H,13,14). The number of hydrogen-bond donors (Lipinski definition) is 2. The lowest BCUT2D eigenvalue weighted by atomic mass is 10.2. The first-order chi connectivity index (χ1) is 8.33. The van der Waals surface area contributed by atoms with Crippen molar-refractivity contribution in [3.05, 3.63) is 0 Å². The largest absolute Gasteiger partial charge is 0.480 e. The summed E-state index contributed by atoms with van der Waals surface area (Å²) in [6.45, 7) is 1.76. The number of carbonyl (C=O) groups excluding carboxylic acids is 1. The van der Waals surface area contributed by atoms with Crippen molar-refractivity contribution in [1.82, 2.24) is 5.32 Å². The topological polar surface area (TPSA) is 110 Å². The van der Waals surface area contributed by atoms with Gasteiger partial charge in [-0.15, -0.1) is 0 Å².